The predicted molar refractivity (Wildman–Crippen MR) is 68.1 cm³/mol. The zero-order chi connectivity index (χ0) is 13.5. The largest absolute Gasteiger partial charge is 0.481 e. The Kier molecular flexibility index (Phi) is 4.92. The third-order valence-electron chi connectivity index (χ3n) is 2.19. The van der Waals surface area contributed by atoms with Crippen LogP contribution in [0.25, 0.3) is 6.08 Å². The molecule has 0 aliphatic carbocycles. The fourth-order valence-electron chi connectivity index (χ4n) is 1.35. The molecule has 0 fully saturated rings. The van der Waals surface area contributed by atoms with E-state index in [0.29, 0.717) is 23.4 Å². The Balaban J connectivity index is 2.90. The fourth-order valence-corrected chi connectivity index (χ4v) is 1.35. The maximum Gasteiger partial charge on any atom is 0.338 e. The summed E-state index contributed by atoms with van der Waals surface area (Å²) in [6.45, 7) is 2.02. The van der Waals surface area contributed by atoms with Gasteiger partial charge in [0.2, 0.25) is 0 Å². The number of hydrogen-bond donors (Lipinski definition) is 2. The first-order valence-electron chi connectivity index (χ1n) is 5.49. The van der Waals surface area contributed by atoms with E-state index in [0.717, 1.165) is 0 Å². The van der Waals surface area contributed by atoms with Gasteiger partial charge in [-0.1, -0.05) is 12.2 Å². The summed E-state index contributed by atoms with van der Waals surface area (Å²) >= 11 is 0. The minimum Gasteiger partial charge on any atom is -0.481 e. The molecular formula is C13H15NO4. The zero-order valence-electron chi connectivity index (χ0n) is 10.1. The smallest absolute Gasteiger partial charge is 0.338 e. The number of carbonyl (C=O) groups is 2. The van der Waals surface area contributed by atoms with Gasteiger partial charge in [0, 0.05) is 5.69 Å². The zero-order valence-corrected chi connectivity index (χ0v) is 10.1. The van der Waals surface area contributed by atoms with E-state index in [4.69, 9.17) is 15.6 Å². The molecule has 0 radical (unpaired) electrons. The summed E-state index contributed by atoms with van der Waals surface area (Å²) in [4.78, 5) is 21.9. The van der Waals surface area contributed by atoms with Crippen LogP contribution in [0.5, 0.6) is 0 Å². The normalized spacial score (nSPS) is 10.5. The highest BCUT2D eigenvalue weighted by Gasteiger charge is 2.07. The SMILES string of the molecule is CCOC(=O)c1ccc(N)c(C=CCC(=O)O)c1. The van der Waals surface area contributed by atoms with Crippen molar-refractivity contribution >= 4 is 23.7 Å². The van der Waals surface area contributed by atoms with Gasteiger partial charge in [-0.2, -0.15) is 0 Å². The van der Waals surface area contributed by atoms with Crippen molar-refractivity contribution in [2.75, 3.05) is 12.3 Å². The number of rotatable bonds is 5. The molecule has 96 valence electrons. The first-order valence-corrected chi connectivity index (χ1v) is 5.49. The Hall–Kier alpha value is -2.30. The number of carboxylic acids is 1. The molecule has 0 saturated heterocycles. The third kappa shape index (κ3) is 3.93. The average molecular weight is 249 g/mol. The summed E-state index contributed by atoms with van der Waals surface area (Å²) in [5.41, 5.74) is 7.19. The Morgan fingerprint density at radius 2 is 2.17 bits per heavy atom. The molecule has 0 aromatic heterocycles. The molecule has 18 heavy (non-hydrogen) atoms. The number of ether oxygens (including phenoxy) is 1. The molecule has 1 aromatic carbocycles. The Morgan fingerprint density at radius 3 is 2.78 bits per heavy atom. The van der Waals surface area contributed by atoms with Gasteiger partial charge in [-0.25, -0.2) is 4.79 Å². The van der Waals surface area contributed by atoms with E-state index in [9.17, 15) is 9.59 Å². The van der Waals surface area contributed by atoms with Crippen molar-refractivity contribution in [2.24, 2.45) is 0 Å². The van der Waals surface area contributed by atoms with Crippen LogP contribution in [0.1, 0.15) is 29.3 Å². The number of aliphatic carboxylic acids is 1. The lowest BCUT2D eigenvalue weighted by Crippen LogP contribution is -2.05. The third-order valence-corrected chi connectivity index (χ3v) is 2.19. The number of carbonyl (C=O) groups excluding carboxylic acids is 1. The predicted octanol–water partition coefficient (Wildman–Crippen LogP) is 1.93. The van der Waals surface area contributed by atoms with Crippen LogP contribution in [0.15, 0.2) is 24.3 Å². The van der Waals surface area contributed by atoms with Crippen molar-refractivity contribution in [2.45, 2.75) is 13.3 Å². The molecule has 5 heteroatoms. The van der Waals surface area contributed by atoms with Crippen molar-refractivity contribution in [3.8, 4) is 0 Å². The van der Waals surface area contributed by atoms with Crippen LogP contribution >= 0.6 is 0 Å². The maximum atomic E-state index is 11.5. The highest BCUT2D eigenvalue weighted by Crippen LogP contribution is 2.17. The molecule has 3 N–H and O–H groups in total. The summed E-state index contributed by atoms with van der Waals surface area (Å²) in [6, 6.07) is 4.74. The summed E-state index contributed by atoms with van der Waals surface area (Å²) < 4.78 is 4.87. The standard InChI is InChI=1S/C13H15NO4/c1-2-18-13(17)10-6-7-11(14)9(8-10)4-3-5-12(15)16/h3-4,6-8H,2,5,14H2,1H3,(H,15,16). The number of carboxylic acid groups (broad SMARTS) is 1. The number of anilines is 1. The van der Waals surface area contributed by atoms with Crippen LogP contribution < -0.4 is 5.73 Å². The van der Waals surface area contributed by atoms with Gasteiger partial charge < -0.3 is 15.6 Å². The Morgan fingerprint density at radius 1 is 1.44 bits per heavy atom. The number of esters is 1. The summed E-state index contributed by atoms with van der Waals surface area (Å²) in [5.74, 6) is -1.35. The van der Waals surface area contributed by atoms with Crippen LogP contribution in [0.2, 0.25) is 0 Å². The number of hydrogen-bond acceptors (Lipinski definition) is 4. The van der Waals surface area contributed by atoms with Gasteiger partial charge in [0.1, 0.15) is 0 Å². The highest BCUT2D eigenvalue weighted by molar-refractivity contribution is 5.91. The molecule has 5 nitrogen and oxygen atoms in total. The van der Waals surface area contributed by atoms with E-state index in [2.05, 4.69) is 0 Å². The minimum absolute atomic E-state index is 0.0942. The molecule has 1 aromatic rings. The highest BCUT2D eigenvalue weighted by atomic mass is 16.5. The first kappa shape index (κ1) is 13.8. The topological polar surface area (TPSA) is 89.6 Å². The second kappa shape index (κ2) is 6.44. The van der Waals surface area contributed by atoms with Crippen molar-refractivity contribution in [3.63, 3.8) is 0 Å². The average Bonchev–Trinajstić information content (AvgIpc) is 2.31. The van der Waals surface area contributed by atoms with Gasteiger partial charge in [0.25, 0.3) is 0 Å². The second-order valence-electron chi connectivity index (χ2n) is 3.56. The molecule has 0 aliphatic rings. The van der Waals surface area contributed by atoms with Gasteiger partial charge in [-0.15, -0.1) is 0 Å². The van der Waals surface area contributed by atoms with Crippen molar-refractivity contribution < 1.29 is 19.4 Å². The molecular weight excluding hydrogens is 234 g/mol. The minimum atomic E-state index is -0.925. The number of nitrogen functional groups attached to an aromatic ring is 1. The Labute approximate surface area is 105 Å². The monoisotopic (exact) mass is 249 g/mol. The van der Waals surface area contributed by atoms with Crippen LogP contribution in [0.4, 0.5) is 5.69 Å². The molecule has 0 unspecified atom stereocenters. The fraction of sp³-hybridized carbons (Fsp3) is 0.231. The van der Waals surface area contributed by atoms with Crippen LogP contribution in [-0.2, 0) is 9.53 Å². The van der Waals surface area contributed by atoms with E-state index < -0.39 is 11.9 Å². The number of nitrogens with two attached hydrogens (primary N) is 1. The molecule has 0 heterocycles. The lowest BCUT2D eigenvalue weighted by molar-refractivity contribution is -0.135. The van der Waals surface area contributed by atoms with Gasteiger partial charge in [-0.3, -0.25) is 4.79 Å². The van der Waals surface area contributed by atoms with Crippen LogP contribution in [0.3, 0.4) is 0 Å². The van der Waals surface area contributed by atoms with Gasteiger partial charge >= 0.3 is 11.9 Å². The van der Waals surface area contributed by atoms with Crippen molar-refractivity contribution in [3.05, 3.63) is 35.4 Å². The van der Waals surface area contributed by atoms with E-state index in [1.165, 1.54) is 6.08 Å². The number of benzene rings is 1. The second-order valence-corrected chi connectivity index (χ2v) is 3.56. The van der Waals surface area contributed by atoms with Gasteiger partial charge in [0.15, 0.2) is 0 Å². The lowest BCUT2D eigenvalue weighted by Gasteiger charge is -2.05. The molecule has 0 spiro atoms. The summed E-state index contributed by atoms with van der Waals surface area (Å²) in [6.07, 6.45) is 2.96. The van der Waals surface area contributed by atoms with E-state index in [1.807, 2.05) is 0 Å². The van der Waals surface area contributed by atoms with Gasteiger partial charge in [-0.05, 0) is 30.7 Å². The lowest BCUT2D eigenvalue weighted by atomic mass is 10.1. The van der Waals surface area contributed by atoms with E-state index >= 15 is 0 Å². The van der Waals surface area contributed by atoms with Crippen molar-refractivity contribution in [1.82, 2.24) is 0 Å². The first-order chi connectivity index (χ1) is 8.54. The Bertz CT molecular complexity index is 480. The molecule has 0 saturated carbocycles. The maximum absolute atomic E-state index is 11.5. The molecule has 0 atom stereocenters. The molecule has 0 bridgehead atoms. The van der Waals surface area contributed by atoms with Crippen molar-refractivity contribution in [1.29, 1.82) is 0 Å². The molecule has 0 amide bonds. The van der Waals surface area contributed by atoms with Gasteiger partial charge in [0.05, 0.1) is 18.6 Å². The molecule has 0 aliphatic heterocycles. The van der Waals surface area contributed by atoms with Crippen LogP contribution in [-0.4, -0.2) is 23.7 Å². The van der Waals surface area contributed by atoms with E-state index in [1.54, 1.807) is 31.2 Å². The van der Waals surface area contributed by atoms with E-state index in [-0.39, 0.29) is 6.42 Å². The van der Waals surface area contributed by atoms with Crippen LogP contribution in [0, 0.1) is 0 Å². The quantitative estimate of drug-likeness (QED) is 0.614. The summed E-state index contributed by atoms with van der Waals surface area (Å²) in [5, 5.41) is 8.52. The summed E-state index contributed by atoms with van der Waals surface area (Å²) in [7, 11) is 0. The molecule has 1 rings (SSSR count).